The molecule has 1 unspecified atom stereocenters. The van der Waals surface area contributed by atoms with Crippen molar-refractivity contribution >= 4 is 28.6 Å². The number of nitrogens with zero attached hydrogens (tertiary/aromatic N) is 4. The fourth-order valence-electron chi connectivity index (χ4n) is 2.07. The highest BCUT2D eigenvalue weighted by molar-refractivity contribution is 7.99. The van der Waals surface area contributed by atoms with Crippen molar-refractivity contribution in [3.63, 3.8) is 0 Å². The zero-order chi connectivity index (χ0) is 14.7. The number of para-hydroxylation sites is 1. The summed E-state index contributed by atoms with van der Waals surface area (Å²) in [6.45, 7) is 3.05. The van der Waals surface area contributed by atoms with Crippen molar-refractivity contribution in [3.8, 4) is 5.69 Å². The molecule has 108 valence electrons. The molecule has 6 heteroatoms. The molecule has 0 amide bonds. The van der Waals surface area contributed by atoms with Gasteiger partial charge in [-0.3, -0.25) is 0 Å². The average Bonchev–Trinajstić information content (AvgIpc) is 2.98. The molecule has 0 spiro atoms. The molecule has 0 aliphatic heterocycles. The van der Waals surface area contributed by atoms with Gasteiger partial charge in [-0.15, -0.1) is 0 Å². The number of aromatic nitrogens is 4. The standard InChI is InChI=1S/C15H17N5S/c1-11(21-2)8-16-14-13-9-19-20(15(13)18-10-17-14)12-6-4-3-5-7-12/h3-7,9-11H,8H2,1-2H3,(H,16,17,18). The van der Waals surface area contributed by atoms with Crippen molar-refractivity contribution in [3.05, 3.63) is 42.9 Å². The summed E-state index contributed by atoms with van der Waals surface area (Å²) in [6.07, 6.45) is 5.50. The molecule has 0 aliphatic carbocycles. The van der Waals surface area contributed by atoms with E-state index in [1.807, 2.05) is 53.0 Å². The number of thioether (sulfide) groups is 1. The fourth-order valence-corrected chi connectivity index (χ4v) is 2.32. The van der Waals surface area contributed by atoms with Crippen LogP contribution in [0.25, 0.3) is 16.7 Å². The average molecular weight is 299 g/mol. The van der Waals surface area contributed by atoms with Crippen molar-refractivity contribution < 1.29 is 0 Å². The summed E-state index contributed by atoms with van der Waals surface area (Å²) in [4.78, 5) is 8.70. The van der Waals surface area contributed by atoms with Crippen LogP contribution in [0.5, 0.6) is 0 Å². The minimum absolute atomic E-state index is 0.527. The van der Waals surface area contributed by atoms with Crippen LogP contribution in [-0.4, -0.2) is 37.8 Å². The van der Waals surface area contributed by atoms with Crippen LogP contribution in [0.3, 0.4) is 0 Å². The van der Waals surface area contributed by atoms with E-state index in [-0.39, 0.29) is 0 Å². The van der Waals surface area contributed by atoms with Crippen LogP contribution in [0, 0.1) is 0 Å². The van der Waals surface area contributed by atoms with Crippen LogP contribution in [-0.2, 0) is 0 Å². The summed E-state index contributed by atoms with van der Waals surface area (Å²) >= 11 is 1.82. The predicted octanol–water partition coefficient (Wildman–Crippen LogP) is 2.98. The van der Waals surface area contributed by atoms with Gasteiger partial charge in [0.25, 0.3) is 0 Å². The Balaban J connectivity index is 1.97. The van der Waals surface area contributed by atoms with E-state index in [1.54, 1.807) is 6.33 Å². The van der Waals surface area contributed by atoms with Gasteiger partial charge in [0.15, 0.2) is 5.65 Å². The monoisotopic (exact) mass is 299 g/mol. The molecular weight excluding hydrogens is 282 g/mol. The van der Waals surface area contributed by atoms with E-state index in [0.717, 1.165) is 29.1 Å². The third-order valence-electron chi connectivity index (χ3n) is 3.33. The molecule has 1 atom stereocenters. The molecule has 0 saturated carbocycles. The highest BCUT2D eigenvalue weighted by Gasteiger charge is 2.11. The number of nitrogens with one attached hydrogen (secondary N) is 1. The van der Waals surface area contributed by atoms with Gasteiger partial charge in [-0.2, -0.15) is 16.9 Å². The van der Waals surface area contributed by atoms with E-state index in [0.29, 0.717) is 5.25 Å². The van der Waals surface area contributed by atoms with Crippen LogP contribution >= 0.6 is 11.8 Å². The van der Waals surface area contributed by atoms with E-state index in [4.69, 9.17) is 0 Å². The van der Waals surface area contributed by atoms with Crippen molar-refractivity contribution in [1.82, 2.24) is 19.7 Å². The minimum atomic E-state index is 0.527. The summed E-state index contributed by atoms with van der Waals surface area (Å²) in [5.41, 5.74) is 1.81. The zero-order valence-corrected chi connectivity index (χ0v) is 12.8. The first-order chi connectivity index (χ1) is 10.3. The maximum atomic E-state index is 4.44. The van der Waals surface area contributed by atoms with Gasteiger partial charge in [-0.1, -0.05) is 25.1 Å². The lowest BCUT2D eigenvalue weighted by Gasteiger charge is -2.10. The van der Waals surface area contributed by atoms with Crippen LogP contribution in [0.1, 0.15) is 6.92 Å². The Morgan fingerprint density at radius 2 is 2.05 bits per heavy atom. The SMILES string of the molecule is CSC(C)CNc1ncnc2c1cnn2-c1ccccc1. The molecule has 21 heavy (non-hydrogen) atoms. The Morgan fingerprint density at radius 1 is 1.24 bits per heavy atom. The smallest absolute Gasteiger partial charge is 0.168 e. The molecule has 0 radical (unpaired) electrons. The molecule has 2 heterocycles. The summed E-state index contributed by atoms with van der Waals surface area (Å²) in [6, 6.07) is 9.99. The predicted molar refractivity (Wildman–Crippen MR) is 88.1 cm³/mol. The van der Waals surface area contributed by atoms with Gasteiger partial charge in [0, 0.05) is 11.8 Å². The quantitative estimate of drug-likeness (QED) is 0.785. The first-order valence-electron chi connectivity index (χ1n) is 6.80. The highest BCUT2D eigenvalue weighted by Crippen LogP contribution is 2.21. The van der Waals surface area contributed by atoms with Gasteiger partial charge in [0.1, 0.15) is 12.1 Å². The summed E-state index contributed by atoms with van der Waals surface area (Å²) in [5, 5.41) is 9.29. The number of hydrogen-bond acceptors (Lipinski definition) is 5. The fraction of sp³-hybridized carbons (Fsp3) is 0.267. The molecule has 0 fully saturated rings. The molecule has 0 bridgehead atoms. The van der Waals surface area contributed by atoms with Gasteiger partial charge in [-0.25, -0.2) is 14.6 Å². The summed E-state index contributed by atoms with van der Waals surface area (Å²) < 4.78 is 1.83. The Kier molecular flexibility index (Phi) is 4.06. The Hall–Kier alpha value is -2.08. The normalized spacial score (nSPS) is 12.5. The number of anilines is 1. The Labute approximate surface area is 127 Å². The lowest BCUT2D eigenvalue weighted by atomic mass is 10.3. The van der Waals surface area contributed by atoms with Crippen LogP contribution in [0.15, 0.2) is 42.9 Å². The first kappa shape index (κ1) is 13.9. The van der Waals surface area contributed by atoms with E-state index in [1.165, 1.54) is 0 Å². The lowest BCUT2D eigenvalue weighted by Crippen LogP contribution is -2.13. The van der Waals surface area contributed by atoms with E-state index < -0.39 is 0 Å². The lowest BCUT2D eigenvalue weighted by molar-refractivity contribution is 0.895. The molecule has 3 aromatic rings. The molecule has 1 aromatic carbocycles. The van der Waals surface area contributed by atoms with Gasteiger partial charge >= 0.3 is 0 Å². The Morgan fingerprint density at radius 3 is 2.81 bits per heavy atom. The van der Waals surface area contributed by atoms with E-state index in [2.05, 4.69) is 33.6 Å². The Bertz CT molecular complexity index is 725. The second-order valence-electron chi connectivity index (χ2n) is 4.78. The summed E-state index contributed by atoms with van der Waals surface area (Å²) in [7, 11) is 0. The third-order valence-corrected chi connectivity index (χ3v) is 4.30. The molecule has 5 nitrogen and oxygen atoms in total. The number of rotatable bonds is 5. The number of benzene rings is 1. The van der Waals surface area contributed by atoms with Gasteiger partial charge in [0.05, 0.1) is 17.3 Å². The van der Waals surface area contributed by atoms with E-state index in [9.17, 15) is 0 Å². The van der Waals surface area contributed by atoms with Crippen molar-refractivity contribution in [2.75, 3.05) is 18.1 Å². The van der Waals surface area contributed by atoms with Crippen LogP contribution < -0.4 is 5.32 Å². The molecular formula is C15H17N5S. The largest absolute Gasteiger partial charge is 0.368 e. The molecule has 2 aromatic heterocycles. The first-order valence-corrected chi connectivity index (χ1v) is 8.09. The minimum Gasteiger partial charge on any atom is -0.368 e. The van der Waals surface area contributed by atoms with Gasteiger partial charge in [-0.05, 0) is 18.4 Å². The zero-order valence-electron chi connectivity index (χ0n) is 12.0. The third kappa shape index (κ3) is 2.85. The topological polar surface area (TPSA) is 55.6 Å². The van der Waals surface area contributed by atoms with Crippen molar-refractivity contribution in [1.29, 1.82) is 0 Å². The second kappa shape index (κ2) is 6.13. The van der Waals surface area contributed by atoms with Crippen molar-refractivity contribution in [2.24, 2.45) is 0 Å². The molecule has 0 saturated heterocycles. The number of hydrogen-bond donors (Lipinski definition) is 1. The van der Waals surface area contributed by atoms with E-state index >= 15 is 0 Å². The highest BCUT2D eigenvalue weighted by atomic mass is 32.2. The maximum absolute atomic E-state index is 4.44. The van der Waals surface area contributed by atoms with Gasteiger partial charge < -0.3 is 5.32 Å². The van der Waals surface area contributed by atoms with Gasteiger partial charge in [0.2, 0.25) is 0 Å². The maximum Gasteiger partial charge on any atom is 0.168 e. The van der Waals surface area contributed by atoms with Crippen LogP contribution in [0.2, 0.25) is 0 Å². The molecule has 3 rings (SSSR count). The summed E-state index contributed by atoms with van der Waals surface area (Å²) in [5.74, 6) is 0.836. The second-order valence-corrected chi connectivity index (χ2v) is 6.05. The molecule has 1 N–H and O–H groups in total. The molecule has 0 aliphatic rings. The van der Waals surface area contributed by atoms with Crippen LogP contribution in [0.4, 0.5) is 5.82 Å². The number of fused-ring (bicyclic) bond motifs is 1. The van der Waals surface area contributed by atoms with Crippen molar-refractivity contribution in [2.45, 2.75) is 12.2 Å².